The predicted octanol–water partition coefficient (Wildman–Crippen LogP) is 16.6. The van der Waals surface area contributed by atoms with E-state index < -0.39 is 11.9 Å². The lowest BCUT2D eigenvalue weighted by Gasteiger charge is -2.59. The molecule has 65 heavy (non-hydrogen) atoms. The van der Waals surface area contributed by atoms with Gasteiger partial charge in [0, 0.05) is 0 Å². The van der Waals surface area contributed by atoms with Gasteiger partial charge in [-0.2, -0.15) is 0 Å². The van der Waals surface area contributed by atoms with Crippen molar-refractivity contribution in [1.82, 2.24) is 0 Å². The number of hydrogen-bond acceptors (Lipinski definition) is 4. The molecule has 8 rings (SSSR count). The maximum Gasteiger partial charge on any atom is 0.317 e. The highest BCUT2D eigenvalue weighted by atomic mass is 16.6. The third kappa shape index (κ3) is 9.56. The van der Waals surface area contributed by atoms with Gasteiger partial charge in [-0.3, -0.25) is 9.59 Å². The van der Waals surface area contributed by atoms with Gasteiger partial charge < -0.3 is 9.47 Å². The molecule has 0 amide bonds. The Kier molecular flexibility index (Phi) is 15.1. The lowest BCUT2D eigenvalue weighted by Crippen LogP contribution is -2.51. The van der Waals surface area contributed by atoms with E-state index >= 15 is 0 Å². The van der Waals surface area contributed by atoms with E-state index in [0.29, 0.717) is 22.7 Å². The van der Waals surface area contributed by atoms with Crippen LogP contribution in [0.15, 0.2) is 23.3 Å². The normalized spacial score (nSPS) is 42.8. The van der Waals surface area contributed by atoms with E-state index in [2.05, 4.69) is 95.2 Å². The van der Waals surface area contributed by atoms with Crippen molar-refractivity contribution in [3.63, 3.8) is 0 Å². The molecule has 0 heterocycles. The molecule has 0 radical (unpaired) electrons. The monoisotopic (exact) mass is 897 g/mol. The summed E-state index contributed by atoms with van der Waals surface area (Å²) >= 11 is 0. The maximum atomic E-state index is 13.3. The molecule has 8 aliphatic carbocycles. The summed E-state index contributed by atoms with van der Waals surface area (Å²) in [5, 5.41) is 0. The van der Waals surface area contributed by atoms with E-state index in [4.69, 9.17) is 9.47 Å². The molecule has 0 spiro atoms. The highest BCUT2D eigenvalue weighted by molar-refractivity contribution is 5.91. The Morgan fingerprint density at radius 2 is 0.923 bits per heavy atom. The summed E-state index contributed by atoms with van der Waals surface area (Å²) in [4.78, 5) is 26.7. The van der Waals surface area contributed by atoms with Gasteiger partial charge in [0.25, 0.3) is 0 Å². The fraction of sp³-hybridized carbons (Fsp3) is 0.902. The summed E-state index contributed by atoms with van der Waals surface area (Å²) in [5.41, 5.74) is 4.86. The molecular formula is C61H100O4. The summed E-state index contributed by atoms with van der Waals surface area (Å²) in [7, 11) is 0. The Morgan fingerprint density at radius 1 is 0.523 bits per heavy atom. The van der Waals surface area contributed by atoms with E-state index in [0.717, 1.165) is 96.7 Å². The van der Waals surface area contributed by atoms with Crippen LogP contribution in [0.1, 0.15) is 231 Å². The third-order valence-electron chi connectivity index (χ3n) is 22.9. The summed E-state index contributed by atoms with van der Waals surface area (Å²) in [6, 6.07) is 0. The lowest BCUT2D eigenvalue weighted by molar-refractivity contribution is -0.163. The van der Waals surface area contributed by atoms with Crippen LogP contribution >= 0.6 is 0 Å². The van der Waals surface area contributed by atoms with Crippen molar-refractivity contribution >= 4 is 11.9 Å². The van der Waals surface area contributed by atoms with Gasteiger partial charge >= 0.3 is 11.9 Å². The number of carbonyl (C=O) groups is 2. The second-order valence-corrected chi connectivity index (χ2v) is 27.2. The standard InChI is InChI=1S/C61H100O4/c1-38(2)15-13-17-40(5)50-23-25-52-48-21-19-46-35-44(27-31-58(46,9)54(48)29-33-60(50,52)11)42(7)64-56(62)37-57(63)65-43(8)45-28-32-59(10)47(36-45)20-22-49-53-26-24-51(41(6)18-14-16-39(3)4)61(53,12)34-30-55(49)59/h19-20,38-45,48-55H,13-18,21-37H2,1-12H3/t40-,41-,42?,43?,44+,45+,48+,49+,50-,51-,52+,53+,54+,55+,58+,59+,60-,61-/m1/s1. The molecule has 0 saturated heterocycles. The number of rotatable bonds is 16. The van der Waals surface area contributed by atoms with Gasteiger partial charge in [0.2, 0.25) is 0 Å². The summed E-state index contributed by atoms with van der Waals surface area (Å²) < 4.78 is 12.2. The first-order valence-corrected chi connectivity index (χ1v) is 28.6. The number of carbonyl (C=O) groups excluding carboxylic acids is 2. The predicted molar refractivity (Wildman–Crippen MR) is 269 cm³/mol. The second-order valence-electron chi connectivity index (χ2n) is 27.2. The van der Waals surface area contributed by atoms with Crippen molar-refractivity contribution in [3.05, 3.63) is 23.3 Å². The average molecular weight is 897 g/mol. The van der Waals surface area contributed by atoms with Crippen molar-refractivity contribution in [2.24, 2.45) is 105 Å². The highest BCUT2D eigenvalue weighted by Crippen LogP contribution is 2.69. The smallest absolute Gasteiger partial charge is 0.317 e. The molecule has 4 heteroatoms. The Labute approximate surface area is 400 Å². The molecule has 6 saturated carbocycles. The molecule has 0 aliphatic heterocycles. The fourth-order valence-electron chi connectivity index (χ4n) is 19.0. The van der Waals surface area contributed by atoms with Gasteiger partial charge in [-0.15, -0.1) is 0 Å². The first-order valence-electron chi connectivity index (χ1n) is 28.6. The van der Waals surface area contributed by atoms with E-state index in [1.54, 1.807) is 11.1 Å². The largest absolute Gasteiger partial charge is 0.462 e. The summed E-state index contributed by atoms with van der Waals surface area (Å²) in [6.07, 6.45) is 33.5. The first kappa shape index (κ1) is 49.8. The van der Waals surface area contributed by atoms with Crippen LogP contribution < -0.4 is 0 Å². The van der Waals surface area contributed by atoms with Gasteiger partial charge in [-0.05, 0) is 221 Å². The molecule has 18 atom stereocenters. The Morgan fingerprint density at radius 3 is 1.31 bits per heavy atom. The quantitative estimate of drug-likeness (QED) is 0.0880. The lowest BCUT2D eigenvalue weighted by atomic mass is 9.46. The van der Waals surface area contributed by atoms with Crippen LogP contribution in [0.2, 0.25) is 0 Å². The van der Waals surface area contributed by atoms with E-state index in [-0.39, 0.29) is 29.5 Å². The van der Waals surface area contributed by atoms with Crippen LogP contribution in [0.4, 0.5) is 0 Å². The van der Waals surface area contributed by atoms with Crippen LogP contribution in [0, 0.1) is 105 Å². The van der Waals surface area contributed by atoms with Crippen molar-refractivity contribution in [3.8, 4) is 0 Å². The molecule has 368 valence electrons. The Bertz CT molecular complexity index is 1620. The van der Waals surface area contributed by atoms with E-state index in [9.17, 15) is 9.59 Å². The zero-order valence-electron chi connectivity index (χ0n) is 44.3. The van der Waals surface area contributed by atoms with Gasteiger partial charge in [0.15, 0.2) is 0 Å². The van der Waals surface area contributed by atoms with Crippen LogP contribution in [0.5, 0.6) is 0 Å². The SMILES string of the molecule is CC(C)CCC[C@@H](C)[C@H]1CC[C@H]2[C@@H]3CC=C4C[C@@H](C(C)OC(=O)CC(=O)OC(C)[C@H]5CC[C@@]6(C)C(=CC[C@H]7[C@@H]8CC[C@H]([C@H](C)CCCC(C)C)[C@@]8(C)CC[C@@H]76)C5)CC[C@]4(C)[C@H]3CC[C@]12C. The average Bonchev–Trinajstić information content (AvgIpc) is 3.79. The molecule has 0 N–H and O–H groups in total. The molecule has 0 aromatic rings. The molecular weight excluding hydrogens is 797 g/mol. The zero-order chi connectivity index (χ0) is 46.6. The van der Waals surface area contributed by atoms with Crippen LogP contribution in [-0.2, 0) is 19.1 Å². The van der Waals surface area contributed by atoms with Gasteiger partial charge in [-0.1, -0.05) is 131 Å². The van der Waals surface area contributed by atoms with Gasteiger partial charge in [-0.25, -0.2) is 0 Å². The molecule has 4 nitrogen and oxygen atoms in total. The van der Waals surface area contributed by atoms with Crippen molar-refractivity contribution in [2.45, 2.75) is 243 Å². The molecule has 6 fully saturated rings. The fourth-order valence-corrected chi connectivity index (χ4v) is 19.0. The topological polar surface area (TPSA) is 52.6 Å². The number of esters is 2. The molecule has 0 bridgehead atoms. The second kappa shape index (κ2) is 19.7. The first-order chi connectivity index (χ1) is 30.8. The zero-order valence-corrected chi connectivity index (χ0v) is 44.3. The number of hydrogen-bond donors (Lipinski definition) is 0. The Hall–Kier alpha value is -1.58. The minimum Gasteiger partial charge on any atom is -0.462 e. The highest BCUT2D eigenvalue weighted by Gasteiger charge is 2.61. The minimum atomic E-state index is -0.415. The molecule has 8 aliphatic rings. The molecule has 0 aromatic heterocycles. The van der Waals surface area contributed by atoms with Crippen LogP contribution in [0.3, 0.4) is 0 Å². The number of ether oxygens (including phenoxy) is 2. The third-order valence-corrected chi connectivity index (χ3v) is 22.9. The summed E-state index contributed by atoms with van der Waals surface area (Å²) in [5.74, 6) is 9.88. The molecule has 2 unspecified atom stereocenters. The van der Waals surface area contributed by atoms with Gasteiger partial charge in [0.05, 0.1) is 0 Å². The molecule has 0 aromatic carbocycles. The van der Waals surface area contributed by atoms with E-state index in [1.807, 2.05) is 0 Å². The number of allylic oxidation sites excluding steroid dienone is 4. The van der Waals surface area contributed by atoms with Crippen LogP contribution in [-0.4, -0.2) is 24.1 Å². The van der Waals surface area contributed by atoms with Gasteiger partial charge in [0.1, 0.15) is 18.6 Å². The van der Waals surface area contributed by atoms with Crippen molar-refractivity contribution in [1.29, 1.82) is 0 Å². The van der Waals surface area contributed by atoms with Crippen LogP contribution in [0.25, 0.3) is 0 Å². The Balaban J connectivity index is 0.796. The van der Waals surface area contributed by atoms with E-state index in [1.165, 1.54) is 116 Å². The maximum absolute atomic E-state index is 13.3. The van der Waals surface area contributed by atoms with Crippen molar-refractivity contribution in [2.75, 3.05) is 0 Å². The van der Waals surface area contributed by atoms with Crippen molar-refractivity contribution < 1.29 is 19.1 Å². The summed E-state index contributed by atoms with van der Waals surface area (Å²) in [6.45, 7) is 29.4. The minimum absolute atomic E-state index is 0.192. The number of fused-ring (bicyclic) bond motifs is 10.